The molecule has 18 rings (SSSR count). The smallest absolute Gasteiger partial charge is 0.415 e. The summed E-state index contributed by atoms with van der Waals surface area (Å²) >= 11 is 1.96. The minimum atomic E-state index is -0.573. The van der Waals surface area contributed by atoms with Crippen molar-refractivity contribution in [2.75, 3.05) is 51.6 Å². The Morgan fingerprint density at radius 3 is 1.18 bits per heavy atom. The molecule has 6 heterocycles. The Labute approximate surface area is 668 Å². The van der Waals surface area contributed by atoms with Gasteiger partial charge in [-0.15, -0.1) is 0 Å². The quantitative estimate of drug-likeness (QED) is 0.0329. The normalized spacial score (nSPS) is 14.1. The van der Waals surface area contributed by atoms with E-state index in [9.17, 15) is 39.0 Å². The highest BCUT2D eigenvalue weighted by molar-refractivity contribution is 14.1. The Balaban J connectivity index is 0.000000125. The maximum Gasteiger partial charge on any atom is 0.415 e. The number of aliphatic hydroxyl groups excluding tert-OH is 2. The maximum absolute atomic E-state index is 12.4. The number of benzene rings is 12. The number of cyclic esters (lactones) is 2. The van der Waals surface area contributed by atoms with Crippen LogP contribution in [0.5, 0.6) is 0 Å². The number of hydrogen-bond acceptors (Lipinski definition) is 16. The Morgan fingerprint density at radius 2 is 0.772 bits per heavy atom. The Bertz CT molecular complexity index is 6270. The van der Waals surface area contributed by atoms with E-state index in [4.69, 9.17) is 10.8 Å². The molecule has 0 radical (unpaired) electrons. The van der Waals surface area contributed by atoms with Crippen molar-refractivity contribution in [1.29, 1.82) is 0 Å². The summed E-state index contributed by atoms with van der Waals surface area (Å²) < 4.78 is 17.0. The molecule has 16 aromatic rings. The fourth-order valence-electron chi connectivity index (χ4n) is 13.7. The van der Waals surface area contributed by atoms with E-state index in [0.29, 0.717) is 57.5 Å². The fourth-order valence-corrected chi connectivity index (χ4v) is 13.7. The number of amides is 2. The molecule has 2 amide bonds. The van der Waals surface area contributed by atoms with Gasteiger partial charge in [0.1, 0.15) is 12.7 Å². The van der Waals surface area contributed by atoms with Crippen LogP contribution in [0, 0.1) is 0 Å². The van der Waals surface area contributed by atoms with E-state index in [0.717, 1.165) is 100 Å². The number of ether oxygens (including phenoxy) is 2. The van der Waals surface area contributed by atoms with E-state index >= 15 is 0 Å². The number of carbonyl (C=O) groups is 2. The summed E-state index contributed by atoms with van der Waals surface area (Å²) in [5.41, 5.74) is 12.8. The third kappa shape index (κ3) is 17.4. The van der Waals surface area contributed by atoms with Crippen LogP contribution in [0.25, 0.3) is 88.1 Å². The molecule has 4 atom stereocenters. The Morgan fingerprint density at radius 1 is 0.430 bits per heavy atom. The SMILES string of the molecule is O=C1OC(c2ccccc2)CN1c1ccc(-c2n[nH]c(=O)c3ccccc23)cc1.O=C1OCC(c2ccccc2)N1c1ccc(-c2n[nH]c(=O)c3ccccc23)cc1.O=c1[nH]nc(-c2ccc(NC(CO)c3ccccc3)cc2)c2ccccc12.O=c1[nH]nc(-c2ccc(NCC(O)c3ccccc3)cc2)c2ccccc12.[2H]CI. The van der Waals surface area contributed by atoms with Crippen molar-refractivity contribution in [2.45, 2.75) is 24.3 Å². The predicted molar refractivity (Wildman–Crippen MR) is 457 cm³/mol. The summed E-state index contributed by atoms with van der Waals surface area (Å²) in [6, 6.07) is 98.8. The van der Waals surface area contributed by atoms with Gasteiger partial charge in [-0.3, -0.25) is 29.0 Å². The van der Waals surface area contributed by atoms with E-state index in [1.807, 2.05) is 314 Å². The molecule has 2 saturated heterocycles. The first-order valence-electron chi connectivity index (χ1n) is 37.1. The van der Waals surface area contributed by atoms with Crippen LogP contribution < -0.4 is 42.7 Å². The van der Waals surface area contributed by atoms with Gasteiger partial charge in [0.25, 0.3) is 22.2 Å². The van der Waals surface area contributed by atoms with Crippen molar-refractivity contribution in [3.8, 4) is 45.0 Å². The van der Waals surface area contributed by atoms with E-state index in [2.05, 4.69) is 51.4 Å². The number of nitrogens with one attached hydrogen (secondary N) is 6. The van der Waals surface area contributed by atoms with Gasteiger partial charge in [-0.05, 0) is 100.0 Å². The maximum atomic E-state index is 12.4. The van der Waals surface area contributed by atoms with Crippen molar-refractivity contribution in [3.05, 3.63) is 379 Å². The second-order valence-corrected chi connectivity index (χ2v) is 26.4. The van der Waals surface area contributed by atoms with Crippen LogP contribution in [-0.4, -0.2) is 94.4 Å². The number of aromatic amines is 4. The van der Waals surface area contributed by atoms with Crippen LogP contribution >= 0.6 is 22.6 Å². The van der Waals surface area contributed by atoms with Gasteiger partial charge in [0.2, 0.25) is 0 Å². The second kappa shape index (κ2) is 36.2. The molecular formula is C91H75IN12O10. The van der Waals surface area contributed by atoms with Crippen molar-refractivity contribution in [1.82, 2.24) is 40.8 Å². The first kappa shape index (κ1) is 75.4. The third-order valence-electron chi connectivity index (χ3n) is 19.4. The third-order valence-corrected chi connectivity index (χ3v) is 19.4. The number of hydrogen-bond donors (Lipinski definition) is 8. The first-order chi connectivity index (χ1) is 56.3. The molecule has 4 unspecified atom stereocenters. The molecule has 566 valence electrons. The number of H-pyrrole nitrogens is 4. The summed E-state index contributed by atoms with van der Waals surface area (Å²) in [7, 11) is 0. The van der Waals surface area contributed by atoms with Crippen LogP contribution in [-0.2, 0) is 9.47 Å². The zero-order valence-electron chi connectivity index (χ0n) is 62.1. The number of nitrogens with zero attached hydrogens (tertiary/aromatic N) is 6. The molecule has 12 aromatic carbocycles. The lowest BCUT2D eigenvalue weighted by molar-refractivity contribution is 0.142. The highest BCUT2D eigenvalue weighted by Gasteiger charge is 2.36. The van der Waals surface area contributed by atoms with Gasteiger partial charge in [0.05, 0.1) is 75.7 Å². The second-order valence-electron chi connectivity index (χ2n) is 26.4. The Kier molecular flexibility index (Phi) is 24.0. The number of rotatable bonds is 16. The molecule has 0 spiro atoms. The molecule has 0 saturated carbocycles. The number of alkyl halides is 1. The monoisotopic (exact) mass is 1620 g/mol. The highest BCUT2D eigenvalue weighted by Crippen LogP contribution is 2.37. The van der Waals surface area contributed by atoms with Crippen LogP contribution in [0.15, 0.2) is 335 Å². The van der Waals surface area contributed by atoms with E-state index < -0.39 is 6.10 Å². The van der Waals surface area contributed by atoms with Gasteiger partial charge in [0.15, 0.2) is 0 Å². The summed E-state index contributed by atoms with van der Waals surface area (Å²) in [6.07, 6.45) is -1.58. The minimum absolute atomic E-state index is 0.00210. The molecule has 2 fully saturated rings. The summed E-state index contributed by atoms with van der Waals surface area (Å²) in [5.74, 6) is 0. The zero-order chi connectivity index (χ0) is 79.6. The van der Waals surface area contributed by atoms with Gasteiger partial charge in [0, 0.05) is 74.5 Å². The molecule has 0 bridgehead atoms. The van der Waals surface area contributed by atoms with Gasteiger partial charge in [-0.2, -0.15) is 20.4 Å². The van der Waals surface area contributed by atoms with Crippen molar-refractivity contribution in [2.24, 2.45) is 0 Å². The summed E-state index contributed by atoms with van der Waals surface area (Å²) in [4.78, 5) is 76.4. The van der Waals surface area contributed by atoms with Crippen molar-refractivity contribution < 1.29 is 30.6 Å². The van der Waals surface area contributed by atoms with Gasteiger partial charge in [-0.1, -0.05) is 265 Å². The standard InChI is InChI=1S/2C23H17N3O3.2C22H19N3O2.CH3I/c27-22-19-9-5-4-8-18(19)21(24-25-22)16-10-12-17(13-11-16)26-20(14-29-23(26)28)15-6-2-1-3-7-15;27-22-19-9-5-4-8-18(19)21(24-25-22)16-10-12-17(13-11-16)26-14-20(29-23(26)28)15-6-2-1-3-7-15;26-14-20(15-6-2-1-3-7-15)23-17-12-10-16(11-13-17)21-18-8-4-5-9-19(18)22(27)25-24-21;26-20(15-6-2-1-3-7-15)14-23-17-12-10-16(11-13-17)21-18-8-4-5-9-19(18)22(27)25-24-21;1-2/h2*1-13,20H,14H2,(H,25,27);2*1-13,20,23,26H,14H2,(H,25,27);1H3/i;;;;1D. The van der Waals surface area contributed by atoms with Gasteiger partial charge in [-0.25, -0.2) is 30.0 Å². The zero-order valence-corrected chi connectivity index (χ0v) is 63.2. The van der Waals surface area contributed by atoms with Crippen LogP contribution in [0.1, 0.15) is 47.9 Å². The lowest BCUT2D eigenvalue weighted by Crippen LogP contribution is -2.27. The first-order valence-corrected chi connectivity index (χ1v) is 37.9. The molecule has 8 N–H and O–H groups in total. The molecule has 2 aliphatic heterocycles. The van der Waals surface area contributed by atoms with E-state index in [1.165, 1.54) is 0 Å². The summed E-state index contributed by atoms with van der Waals surface area (Å²) in [6.45, 7) is 1.19. The molecule has 22 nitrogen and oxygen atoms in total. The average molecular weight is 1620 g/mol. The number of aliphatic hydroxyl groups is 2. The molecule has 2 aliphatic rings. The number of halogens is 1. The lowest BCUT2D eigenvalue weighted by Gasteiger charge is -2.22. The minimum Gasteiger partial charge on any atom is -0.447 e. The van der Waals surface area contributed by atoms with E-state index in [1.54, 1.807) is 34.1 Å². The van der Waals surface area contributed by atoms with Crippen molar-refractivity contribution in [3.63, 3.8) is 0 Å². The van der Waals surface area contributed by atoms with Crippen LogP contribution in [0.2, 0.25) is 0 Å². The number of anilines is 4. The number of aromatic nitrogens is 8. The molecular weight excluding hydrogens is 1550 g/mol. The lowest BCUT2D eigenvalue weighted by atomic mass is 10.0. The van der Waals surface area contributed by atoms with Crippen LogP contribution in [0.4, 0.5) is 32.3 Å². The largest absolute Gasteiger partial charge is 0.447 e. The number of carbonyl (C=O) groups excluding carboxylic acids is 2. The number of fused-ring (bicyclic) bond motifs is 4. The Hall–Kier alpha value is -14.0. The summed E-state index contributed by atoms with van der Waals surface area (Å²) in [5, 5.41) is 59.3. The molecule has 23 heteroatoms. The fraction of sp³-hybridized carbons (Fsp3) is 0.0989. The predicted octanol–water partition coefficient (Wildman–Crippen LogP) is 17.1. The molecule has 4 aromatic heterocycles. The van der Waals surface area contributed by atoms with Crippen molar-refractivity contribution >= 4 is 101 Å². The van der Waals surface area contributed by atoms with Gasteiger partial charge < -0.3 is 30.3 Å². The molecule has 0 aliphatic carbocycles. The highest BCUT2D eigenvalue weighted by atomic mass is 127. The van der Waals surface area contributed by atoms with Gasteiger partial charge >= 0.3 is 12.2 Å². The molecule has 114 heavy (non-hydrogen) atoms. The van der Waals surface area contributed by atoms with Crippen LogP contribution in [0.3, 0.4) is 0 Å². The average Bonchev–Trinajstić information content (AvgIpc) is 1.75. The van der Waals surface area contributed by atoms with E-state index in [-0.39, 0.29) is 59.2 Å². The topological polar surface area (TPSA) is 307 Å².